The summed E-state index contributed by atoms with van der Waals surface area (Å²) in [6.45, 7) is 0.379. The molecule has 0 saturated carbocycles. The van der Waals surface area contributed by atoms with E-state index in [2.05, 4.69) is 14.9 Å². The molecule has 100 valence electrons. The van der Waals surface area contributed by atoms with E-state index in [1.165, 1.54) is 11.5 Å². The normalized spacial score (nSPS) is 10.4. The zero-order valence-corrected chi connectivity index (χ0v) is 11.3. The maximum absolute atomic E-state index is 12.0. The topological polar surface area (TPSA) is 68.0 Å². The van der Waals surface area contributed by atoms with Gasteiger partial charge in [-0.05, 0) is 35.8 Å². The van der Waals surface area contributed by atoms with Gasteiger partial charge in [0.25, 0.3) is 5.91 Å². The van der Waals surface area contributed by atoms with Crippen molar-refractivity contribution in [3.8, 4) is 11.3 Å². The molecule has 2 aromatic heterocycles. The summed E-state index contributed by atoms with van der Waals surface area (Å²) in [5.41, 5.74) is 2.36. The van der Waals surface area contributed by atoms with Crippen molar-refractivity contribution in [1.82, 2.24) is 14.9 Å². The third-order valence-electron chi connectivity index (χ3n) is 2.81. The molecule has 0 radical (unpaired) electrons. The maximum Gasteiger partial charge on any atom is 0.251 e. The molecule has 1 N–H and O–H groups in total. The van der Waals surface area contributed by atoms with E-state index in [0.717, 1.165) is 17.0 Å². The highest BCUT2D eigenvalue weighted by Crippen LogP contribution is 2.18. The van der Waals surface area contributed by atoms with Gasteiger partial charge in [0, 0.05) is 16.5 Å². The second kappa shape index (κ2) is 5.66. The summed E-state index contributed by atoms with van der Waals surface area (Å²) in [6.07, 6.45) is 1.58. The maximum atomic E-state index is 12.0. The van der Waals surface area contributed by atoms with Crippen molar-refractivity contribution in [1.29, 1.82) is 0 Å². The van der Waals surface area contributed by atoms with E-state index >= 15 is 0 Å². The van der Waals surface area contributed by atoms with Gasteiger partial charge in [0.15, 0.2) is 0 Å². The van der Waals surface area contributed by atoms with Crippen LogP contribution in [0.15, 0.2) is 52.5 Å². The van der Waals surface area contributed by atoms with E-state index in [4.69, 9.17) is 4.42 Å². The Labute approximate surface area is 119 Å². The first-order chi connectivity index (χ1) is 9.83. The van der Waals surface area contributed by atoms with Gasteiger partial charge in [0.1, 0.15) is 11.5 Å². The van der Waals surface area contributed by atoms with Crippen molar-refractivity contribution in [2.45, 2.75) is 6.54 Å². The number of nitrogens with one attached hydrogen (secondary N) is 1. The van der Waals surface area contributed by atoms with Gasteiger partial charge in [-0.3, -0.25) is 4.79 Å². The number of hydrogen-bond donors (Lipinski definition) is 1. The summed E-state index contributed by atoms with van der Waals surface area (Å²) in [5.74, 6) is 0.591. The number of rotatable bonds is 4. The highest BCUT2D eigenvalue weighted by molar-refractivity contribution is 7.03. The van der Waals surface area contributed by atoms with E-state index in [9.17, 15) is 4.79 Å². The van der Waals surface area contributed by atoms with Gasteiger partial charge in [-0.25, -0.2) is 0 Å². The van der Waals surface area contributed by atoms with Crippen LogP contribution in [0.5, 0.6) is 0 Å². The first-order valence-corrected chi connectivity index (χ1v) is 6.84. The van der Waals surface area contributed by atoms with E-state index in [1.54, 1.807) is 24.5 Å². The minimum absolute atomic E-state index is 0.135. The van der Waals surface area contributed by atoms with E-state index in [1.807, 2.05) is 23.6 Å². The number of hydrogen-bond acceptors (Lipinski definition) is 5. The smallest absolute Gasteiger partial charge is 0.251 e. The highest BCUT2D eigenvalue weighted by atomic mass is 32.1. The van der Waals surface area contributed by atoms with Crippen molar-refractivity contribution in [2.75, 3.05) is 0 Å². The number of amides is 1. The third kappa shape index (κ3) is 2.75. The number of aromatic nitrogens is 2. The van der Waals surface area contributed by atoms with Crippen LogP contribution in [0.25, 0.3) is 11.3 Å². The quantitative estimate of drug-likeness (QED) is 0.800. The van der Waals surface area contributed by atoms with Crippen molar-refractivity contribution in [2.24, 2.45) is 0 Å². The van der Waals surface area contributed by atoms with Crippen LogP contribution in [-0.4, -0.2) is 15.5 Å². The van der Waals surface area contributed by atoms with Crippen LogP contribution in [0, 0.1) is 0 Å². The summed E-state index contributed by atoms with van der Waals surface area (Å²) >= 11 is 1.30. The van der Waals surface area contributed by atoms with Crippen molar-refractivity contribution >= 4 is 17.4 Å². The van der Waals surface area contributed by atoms with Crippen LogP contribution in [0.3, 0.4) is 0 Å². The van der Waals surface area contributed by atoms with Gasteiger partial charge < -0.3 is 9.73 Å². The lowest BCUT2D eigenvalue weighted by Crippen LogP contribution is -2.22. The number of benzene rings is 1. The first kappa shape index (κ1) is 12.6. The fourth-order valence-corrected chi connectivity index (χ4v) is 2.23. The van der Waals surface area contributed by atoms with E-state index in [0.29, 0.717) is 12.1 Å². The van der Waals surface area contributed by atoms with Crippen LogP contribution in [-0.2, 0) is 6.54 Å². The first-order valence-electron chi connectivity index (χ1n) is 6.01. The number of carbonyl (C=O) groups is 1. The fourth-order valence-electron chi connectivity index (χ4n) is 1.77. The van der Waals surface area contributed by atoms with Gasteiger partial charge in [0.05, 0.1) is 12.8 Å². The molecule has 2 heterocycles. The molecule has 0 fully saturated rings. The van der Waals surface area contributed by atoms with E-state index in [-0.39, 0.29) is 5.91 Å². The van der Waals surface area contributed by atoms with Gasteiger partial charge in [0.2, 0.25) is 0 Å². The average molecular weight is 285 g/mol. The minimum atomic E-state index is -0.135. The summed E-state index contributed by atoms with van der Waals surface area (Å²) in [5, 5.41) is 8.65. The Morgan fingerprint density at radius 1 is 1.25 bits per heavy atom. The Balaban J connectivity index is 1.66. The summed E-state index contributed by atoms with van der Waals surface area (Å²) < 4.78 is 8.98. The molecule has 0 saturated heterocycles. The molecule has 0 bridgehead atoms. The second-order valence-corrected chi connectivity index (χ2v) is 4.74. The molecule has 1 aromatic carbocycles. The molecule has 0 aliphatic rings. The molecular formula is C14H11N3O2S. The Morgan fingerprint density at radius 3 is 2.75 bits per heavy atom. The Bertz CT molecular complexity index is 676. The zero-order valence-electron chi connectivity index (χ0n) is 10.4. The Kier molecular flexibility index (Phi) is 3.56. The number of carbonyl (C=O) groups excluding carboxylic acids is 1. The predicted octanol–water partition coefficient (Wildman–Crippen LogP) is 2.73. The average Bonchev–Trinajstić information content (AvgIpc) is 3.18. The van der Waals surface area contributed by atoms with Crippen LogP contribution in [0.4, 0.5) is 0 Å². The SMILES string of the molecule is O=C(NCc1ccco1)c1ccc(-c2csnn2)cc1. The van der Waals surface area contributed by atoms with Crippen molar-refractivity contribution in [3.05, 3.63) is 59.4 Å². The lowest BCUT2D eigenvalue weighted by molar-refractivity contribution is 0.0948. The molecular weight excluding hydrogens is 274 g/mol. The molecule has 0 atom stereocenters. The predicted molar refractivity (Wildman–Crippen MR) is 75.2 cm³/mol. The largest absolute Gasteiger partial charge is 0.467 e. The molecule has 0 aliphatic carbocycles. The second-order valence-electron chi connectivity index (χ2n) is 4.13. The molecule has 0 aliphatic heterocycles. The summed E-state index contributed by atoms with van der Waals surface area (Å²) in [4.78, 5) is 12.0. The monoisotopic (exact) mass is 285 g/mol. The summed E-state index contributed by atoms with van der Waals surface area (Å²) in [7, 11) is 0. The molecule has 3 aromatic rings. The Morgan fingerprint density at radius 2 is 2.10 bits per heavy atom. The molecule has 5 nitrogen and oxygen atoms in total. The lowest BCUT2D eigenvalue weighted by atomic mass is 10.1. The van der Waals surface area contributed by atoms with Gasteiger partial charge in [-0.1, -0.05) is 16.6 Å². The van der Waals surface area contributed by atoms with Crippen LogP contribution in [0.1, 0.15) is 16.1 Å². The van der Waals surface area contributed by atoms with Crippen molar-refractivity contribution in [3.63, 3.8) is 0 Å². The van der Waals surface area contributed by atoms with Crippen molar-refractivity contribution < 1.29 is 9.21 Å². The van der Waals surface area contributed by atoms with Gasteiger partial charge >= 0.3 is 0 Å². The molecule has 20 heavy (non-hydrogen) atoms. The van der Waals surface area contributed by atoms with Gasteiger partial charge in [-0.2, -0.15) is 0 Å². The lowest BCUT2D eigenvalue weighted by Gasteiger charge is -2.04. The standard InChI is InChI=1S/C14H11N3O2S/c18-14(15-8-12-2-1-7-19-12)11-5-3-10(4-6-11)13-9-20-17-16-13/h1-7,9H,8H2,(H,15,18). The molecule has 1 amide bonds. The van der Waals surface area contributed by atoms with Crippen LogP contribution < -0.4 is 5.32 Å². The molecule has 3 rings (SSSR count). The molecule has 0 unspecified atom stereocenters. The van der Waals surface area contributed by atoms with Gasteiger partial charge in [-0.15, -0.1) is 5.10 Å². The zero-order chi connectivity index (χ0) is 13.8. The molecule has 6 heteroatoms. The molecule has 0 spiro atoms. The number of nitrogens with zero attached hydrogens (tertiary/aromatic N) is 2. The van der Waals surface area contributed by atoms with E-state index < -0.39 is 0 Å². The highest BCUT2D eigenvalue weighted by Gasteiger charge is 2.07. The summed E-state index contributed by atoms with van der Waals surface area (Å²) in [6, 6.07) is 10.9. The van der Waals surface area contributed by atoms with Crippen LogP contribution >= 0.6 is 11.5 Å². The minimum Gasteiger partial charge on any atom is -0.467 e. The Hall–Kier alpha value is -2.47. The fraction of sp³-hybridized carbons (Fsp3) is 0.0714. The number of furan rings is 1. The van der Waals surface area contributed by atoms with Crippen LogP contribution in [0.2, 0.25) is 0 Å². The third-order valence-corrected chi connectivity index (χ3v) is 3.31.